The van der Waals surface area contributed by atoms with Gasteiger partial charge in [-0.25, -0.2) is 0 Å². The third-order valence-electron chi connectivity index (χ3n) is 5.31. The first kappa shape index (κ1) is 16.1. The zero-order valence-corrected chi connectivity index (χ0v) is 15.0. The molecule has 2 heterocycles. The summed E-state index contributed by atoms with van der Waals surface area (Å²) in [5.74, 6) is 0.179. The Labute approximate surface area is 148 Å². The number of carbonyl (C=O) groups is 1. The Balaban J connectivity index is 1.81. The quantitative estimate of drug-likeness (QED) is 0.681. The first-order valence-electron chi connectivity index (χ1n) is 9.01. The SMILES string of the molecule is Cc1ccc2c(c1)c1c(n2CC(=O)c2ccccc2)CCN(C)CC1. The zero-order valence-electron chi connectivity index (χ0n) is 15.0. The van der Waals surface area contributed by atoms with Crippen molar-refractivity contribution in [3.05, 3.63) is 70.9 Å². The minimum Gasteiger partial charge on any atom is -0.336 e. The van der Waals surface area contributed by atoms with Crippen LogP contribution in [0.2, 0.25) is 0 Å². The maximum absolute atomic E-state index is 12.8. The molecular weight excluding hydrogens is 308 g/mol. The Kier molecular flexibility index (Phi) is 4.18. The van der Waals surface area contributed by atoms with Crippen molar-refractivity contribution in [2.75, 3.05) is 20.1 Å². The van der Waals surface area contributed by atoms with Crippen LogP contribution >= 0.6 is 0 Å². The number of rotatable bonds is 3. The van der Waals surface area contributed by atoms with Crippen molar-refractivity contribution in [1.82, 2.24) is 9.47 Å². The molecule has 0 bridgehead atoms. The molecule has 4 rings (SSSR count). The van der Waals surface area contributed by atoms with Crippen molar-refractivity contribution in [2.45, 2.75) is 26.3 Å². The van der Waals surface area contributed by atoms with E-state index in [1.54, 1.807) is 0 Å². The summed E-state index contributed by atoms with van der Waals surface area (Å²) in [6.45, 7) is 4.68. The second-order valence-corrected chi connectivity index (χ2v) is 7.12. The van der Waals surface area contributed by atoms with Gasteiger partial charge in [0, 0.05) is 41.7 Å². The van der Waals surface area contributed by atoms with Crippen molar-refractivity contribution in [2.24, 2.45) is 0 Å². The zero-order chi connectivity index (χ0) is 17.4. The first-order valence-corrected chi connectivity index (χ1v) is 9.01. The predicted molar refractivity (Wildman–Crippen MR) is 102 cm³/mol. The number of ketones is 1. The number of aryl methyl sites for hydroxylation is 1. The molecule has 1 aromatic heterocycles. The lowest BCUT2D eigenvalue weighted by Crippen LogP contribution is -2.21. The molecule has 0 N–H and O–H groups in total. The van der Waals surface area contributed by atoms with Crippen LogP contribution in [0.5, 0.6) is 0 Å². The van der Waals surface area contributed by atoms with E-state index in [4.69, 9.17) is 0 Å². The fourth-order valence-corrected chi connectivity index (χ4v) is 3.91. The Morgan fingerprint density at radius 2 is 1.80 bits per heavy atom. The maximum atomic E-state index is 12.8. The Hall–Kier alpha value is -2.39. The lowest BCUT2D eigenvalue weighted by atomic mass is 10.1. The van der Waals surface area contributed by atoms with E-state index in [0.717, 1.165) is 31.5 Å². The van der Waals surface area contributed by atoms with Crippen molar-refractivity contribution < 1.29 is 4.79 Å². The van der Waals surface area contributed by atoms with Gasteiger partial charge in [-0.15, -0.1) is 0 Å². The summed E-state index contributed by atoms with van der Waals surface area (Å²) in [6, 6.07) is 16.2. The van der Waals surface area contributed by atoms with Gasteiger partial charge in [-0.05, 0) is 38.1 Å². The van der Waals surface area contributed by atoms with Crippen LogP contribution in [0.3, 0.4) is 0 Å². The second-order valence-electron chi connectivity index (χ2n) is 7.12. The third-order valence-corrected chi connectivity index (χ3v) is 5.31. The van der Waals surface area contributed by atoms with Crippen LogP contribution in [0.15, 0.2) is 48.5 Å². The van der Waals surface area contributed by atoms with Gasteiger partial charge in [-0.2, -0.15) is 0 Å². The standard InChI is InChI=1S/C22H24N2O/c1-16-8-9-20-19(14-16)18-10-12-23(2)13-11-21(18)24(20)15-22(25)17-6-4-3-5-7-17/h3-9,14H,10-13,15H2,1-2H3. The molecule has 0 aliphatic carbocycles. The molecule has 0 saturated carbocycles. The van der Waals surface area contributed by atoms with Crippen molar-refractivity contribution in [1.29, 1.82) is 0 Å². The lowest BCUT2D eigenvalue weighted by Gasteiger charge is -2.14. The number of benzene rings is 2. The summed E-state index contributed by atoms with van der Waals surface area (Å²) in [7, 11) is 2.18. The molecule has 3 aromatic rings. The van der Waals surface area contributed by atoms with Crippen molar-refractivity contribution in [3.63, 3.8) is 0 Å². The number of Topliss-reactive ketones (excluding diaryl/α,β-unsaturated/α-hetero) is 1. The second kappa shape index (κ2) is 6.49. The van der Waals surface area contributed by atoms with Crippen molar-refractivity contribution in [3.8, 4) is 0 Å². The number of carbonyl (C=O) groups excluding carboxylic acids is 1. The molecule has 3 heteroatoms. The third kappa shape index (κ3) is 3.00. The van der Waals surface area contributed by atoms with Gasteiger partial charge in [0.05, 0.1) is 6.54 Å². The van der Waals surface area contributed by atoms with Crippen LogP contribution in [-0.2, 0) is 19.4 Å². The Bertz CT molecular complexity index is 924. The van der Waals surface area contributed by atoms with Crippen LogP contribution in [0.1, 0.15) is 27.2 Å². The fraction of sp³-hybridized carbons (Fsp3) is 0.318. The summed E-state index contributed by atoms with van der Waals surface area (Å²) < 4.78 is 2.26. The number of nitrogens with zero attached hydrogens (tertiary/aromatic N) is 2. The van der Waals surface area contributed by atoms with Crippen molar-refractivity contribution >= 4 is 16.7 Å². The summed E-state index contributed by atoms with van der Waals surface area (Å²) in [4.78, 5) is 15.2. The number of aromatic nitrogens is 1. The topological polar surface area (TPSA) is 25.2 Å². The molecule has 0 fully saturated rings. The van der Waals surface area contributed by atoms with Gasteiger partial charge in [0.1, 0.15) is 0 Å². The normalized spacial score (nSPS) is 15.1. The molecule has 0 amide bonds. The van der Waals surface area contributed by atoms with Gasteiger partial charge >= 0.3 is 0 Å². The molecule has 3 nitrogen and oxygen atoms in total. The van der Waals surface area contributed by atoms with Crippen LogP contribution < -0.4 is 0 Å². The van der Waals surface area contributed by atoms with E-state index in [1.165, 1.54) is 27.7 Å². The van der Waals surface area contributed by atoms with Gasteiger partial charge in [0.2, 0.25) is 0 Å². The maximum Gasteiger partial charge on any atom is 0.182 e. The Morgan fingerprint density at radius 3 is 2.60 bits per heavy atom. The smallest absolute Gasteiger partial charge is 0.182 e. The summed E-state index contributed by atoms with van der Waals surface area (Å²) in [6.07, 6.45) is 2.06. The van der Waals surface area contributed by atoms with Crippen LogP contribution in [0, 0.1) is 6.92 Å². The average Bonchev–Trinajstić information content (AvgIpc) is 2.76. The Morgan fingerprint density at radius 1 is 1.04 bits per heavy atom. The highest BCUT2D eigenvalue weighted by Gasteiger charge is 2.22. The molecule has 25 heavy (non-hydrogen) atoms. The van der Waals surface area contributed by atoms with Gasteiger partial charge in [0.25, 0.3) is 0 Å². The first-order chi connectivity index (χ1) is 12.1. The average molecular weight is 332 g/mol. The highest BCUT2D eigenvalue weighted by atomic mass is 16.1. The number of hydrogen-bond acceptors (Lipinski definition) is 2. The predicted octanol–water partition coefficient (Wildman–Crippen LogP) is 3.86. The largest absolute Gasteiger partial charge is 0.336 e. The highest BCUT2D eigenvalue weighted by molar-refractivity contribution is 5.97. The van der Waals surface area contributed by atoms with Gasteiger partial charge in [-0.1, -0.05) is 42.0 Å². The monoisotopic (exact) mass is 332 g/mol. The minimum atomic E-state index is 0.179. The molecule has 2 aromatic carbocycles. The lowest BCUT2D eigenvalue weighted by molar-refractivity contribution is 0.0972. The molecular formula is C22H24N2O. The number of hydrogen-bond donors (Lipinski definition) is 0. The highest BCUT2D eigenvalue weighted by Crippen LogP contribution is 2.30. The van der Waals surface area contributed by atoms with E-state index >= 15 is 0 Å². The molecule has 1 aliphatic heterocycles. The summed E-state index contributed by atoms with van der Waals surface area (Å²) >= 11 is 0. The molecule has 0 atom stereocenters. The van der Waals surface area contributed by atoms with E-state index in [0.29, 0.717) is 6.54 Å². The van der Waals surface area contributed by atoms with E-state index < -0.39 is 0 Å². The van der Waals surface area contributed by atoms with E-state index in [9.17, 15) is 4.79 Å². The van der Waals surface area contributed by atoms with Gasteiger partial charge < -0.3 is 9.47 Å². The minimum absolute atomic E-state index is 0.179. The molecule has 0 radical (unpaired) electrons. The van der Waals surface area contributed by atoms with Gasteiger partial charge in [-0.3, -0.25) is 4.79 Å². The van der Waals surface area contributed by atoms with Crippen LogP contribution in [-0.4, -0.2) is 35.4 Å². The molecule has 0 saturated heterocycles. The fourth-order valence-electron chi connectivity index (χ4n) is 3.91. The van der Waals surface area contributed by atoms with E-state index in [-0.39, 0.29) is 5.78 Å². The molecule has 1 aliphatic rings. The van der Waals surface area contributed by atoms with Crippen LogP contribution in [0.25, 0.3) is 10.9 Å². The number of fused-ring (bicyclic) bond motifs is 3. The van der Waals surface area contributed by atoms with Crippen LogP contribution in [0.4, 0.5) is 0 Å². The van der Waals surface area contributed by atoms with Gasteiger partial charge in [0.15, 0.2) is 5.78 Å². The van der Waals surface area contributed by atoms with E-state index in [2.05, 4.69) is 41.6 Å². The van der Waals surface area contributed by atoms with E-state index in [1.807, 2.05) is 30.3 Å². The molecule has 0 unspecified atom stereocenters. The number of likely N-dealkylation sites (N-methyl/N-ethyl adjacent to an activating group) is 1. The summed E-state index contributed by atoms with van der Waals surface area (Å²) in [5, 5.41) is 1.33. The molecule has 0 spiro atoms. The molecule has 128 valence electrons. The summed E-state index contributed by atoms with van der Waals surface area (Å²) in [5.41, 5.74) is 6.04.